The van der Waals surface area contributed by atoms with Crippen molar-refractivity contribution in [2.24, 2.45) is 11.7 Å². The monoisotopic (exact) mass is 218 g/mol. The van der Waals surface area contributed by atoms with E-state index in [0.29, 0.717) is 12.0 Å². The molecule has 88 valence electrons. The molecule has 1 heterocycles. The van der Waals surface area contributed by atoms with E-state index < -0.39 is 0 Å². The summed E-state index contributed by atoms with van der Waals surface area (Å²) in [6.07, 6.45) is 2.50. The zero-order valence-electron chi connectivity index (χ0n) is 10.3. The average Bonchev–Trinajstić information content (AvgIpc) is 2.27. The number of aryl methyl sites for hydroxylation is 2. The van der Waals surface area contributed by atoms with Crippen LogP contribution in [-0.2, 0) is 0 Å². The van der Waals surface area contributed by atoms with E-state index in [-0.39, 0.29) is 0 Å². The predicted molar refractivity (Wildman–Crippen MR) is 68.4 cm³/mol. The highest BCUT2D eigenvalue weighted by Gasteiger charge is 2.24. The van der Waals surface area contributed by atoms with Gasteiger partial charge in [-0.1, -0.05) is 29.3 Å². The molecule has 2 rings (SSSR count). The Morgan fingerprint density at radius 3 is 2.56 bits per heavy atom. The first kappa shape index (κ1) is 11.6. The second-order valence-electron chi connectivity index (χ2n) is 4.99. The molecule has 0 radical (unpaired) electrons. The molecule has 2 nitrogen and oxygen atoms in total. The van der Waals surface area contributed by atoms with Gasteiger partial charge in [0.25, 0.3) is 0 Å². The Labute approximate surface area is 98.2 Å². The second-order valence-corrected chi connectivity index (χ2v) is 4.99. The van der Waals surface area contributed by atoms with Crippen LogP contribution >= 0.6 is 0 Å². The molecule has 0 amide bonds. The summed E-state index contributed by atoms with van der Waals surface area (Å²) in [5, 5.41) is 3.61. The van der Waals surface area contributed by atoms with Gasteiger partial charge in [-0.25, -0.2) is 0 Å². The molecule has 1 aromatic rings. The molecule has 0 unspecified atom stereocenters. The van der Waals surface area contributed by atoms with Gasteiger partial charge in [-0.05, 0) is 51.3 Å². The van der Waals surface area contributed by atoms with E-state index in [9.17, 15) is 0 Å². The van der Waals surface area contributed by atoms with Gasteiger partial charge >= 0.3 is 0 Å². The standard InChI is InChI=1S/C14H22N2/c1-10-6-11(2)8-13(7-10)14-12(9-15)4-3-5-16-14/h6-8,12,14,16H,3-5,9,15H2,1-2H3/t12-,14+/m1/s1. The van der Waals surface area contributed by atoms with Crippen LogP contribution in [0.3, 0.4) is 0 Å². The van der Waals surface area contributed by atoms with Crippen molar-refractivity contribution >= 4 is 0 Å². The van der Waals surface area contributed by atoms with E-state index in [4.69, 9.17) is 5.73 Å². The molecule has 3 N–H and O–H groups in total. The highest BCUT2D eigenvalue weighted by molar-refractivity contribution is 5.31. The van der Waals surface area contributed by atoms with Crippen molar-refractivity contribution in [1.82, 2.24) is 5.32 Å². The summed E-state index contributed by atoms with van der Waals surface area (Å²) in [7, 11) is 0. The molecule has 2 heteroatoms. The second kappa shape index (κ2) is 4.98. The molecule has 1 aliphatic heterocycles. The number of hydrogen-bond donors (Lipinski definition) is 2. The average molecular weight is 218 g/mol. The van der Waals surface area contributed by atoms with Crippen LogP contribution in [0.4, 0.5) is 0 Å². The molecule has 1 fully saturated rings. The Morgan fingerprint density at radius 2 is 1.94 bits per heavy atom. The van der Waals surface area contributed by atoms with Gasteiger partial charge in [0, 0.05) is 6.04 Å². The minimum atomic E-state index is 0.456. The summed E-state index contributed by atoms with van der Waals surface area (Å²) in [5.41, 5.74) is 9.97. The van der Waals surface area contributed by atoms with Crippen molar-refractivity contribution < 1.29 is 0 Å². The Balaban J connectivity index is 2.26. The number of piperidine rings is 1. The molecule has 0 aliphatic carbocycles. The van der Waals surface area contributed by atoms with Crippen LogP contribution in [0.2, 0.25) is 0 Å². The lowest BCUT2D eigenvalue weighted by Crippen LogP contribution is -2.37. The molecule has 1 aromatic carbocycles. The Bertz CT molecular complexity index is 340. The predicted octanol–water partition coefficient (Wildman–Crippen LogP) is 2.30. The smallest absolute Gasteiger partial charge is 0.0360 e. The van der Waals surface area contributed by atoms with Crippen molar-refractivity contribution in [1.29, 1.82) is 0 Å². The maximum absolute atomic E-state index is 5.87. The van der Waals surface area contributed by atoms with Crippen molar-refractivity contribution in [3.8, 4) is 0 Å². The van der Waals surface area contributed by atoms with Gasteiger partial charge in [0.15, 0.2) is 0 Å². The first-order chi connectivity index (χ1) is 7.70. The molecule has 0 saturated carbocycles. The summed E-state index contributed by atoms with van der Waals surface area (Å²) in [5.74, 6) is 0.593. The lowest BCUT2D eigenvalue weighted by atomic mass is 9.85. The van der Waals surface area contributed by atoms with Crippen molar-refractivity contribution in [2.45, 2.75) is 32.7 Å². The number of rotatable bonds is 2. The Morgan fingerprint density at radius 1 is 1.25 bits per heavy atom. The van der Waals surface area contributed by atoms with Crippen LogP contribution in [-0.4, -0.2) is 13.1 Å². The normalized spacial score (nSPS) is 25.7. The van der Waals surface area contributed by atoms with Gasteiger partial charge < -0.3 is 11.1 Å². The minimum Gasteiger partial charge on any atom is -0.330 e. The number of benzene rings is 1. The fourth-order valence-electron chi connectivity index (χ4n) is 2.79. The summed E-state index contributed by atoms with van der Waals surface area (Å²) in [6, 6.07) is 7.26. The van der Waals surface area contributed by atoms with E-state index in [0.717, 1.165) is 13.1 Å². The van der Waals surface area contributed by atoms with Crippen LogP contribution in [0.1, 0.15) is 35.6 Å². The Hall–Kier alpha value is -0.860. The maximum atomic E-state index is 5.87. The lowest BCUT2D eigenvalue weighted by Gasteiger charge is -2.32. The van der Waals surface area contributed by atoms with Crippen molar-refractivity contribution in [3.05, 3.63) is 34.9 Å². The van der Waals surface area contributed by atoms with Gasteiger partial charge in [0.2, 0.25) is 0 Å². The first-order valence-corrected chi connectivity index (χ1v) is 6.22. The third kappa shape index (κ3) is 2.45. The van der Waals surface area contributed by atoms with Crippen LogP contribution < -0.4 is 11.1 Å². The topological polar surface area (TPSA) is 38.0 Å². The van der Waals surface area contributed by atoms with E-state index in [1.54, 1.807) is 0 Å². The highest BCUT2D eigenvalue weighted by Crippen LogP contribution is 2.29. The summed E-state index contributed by atoms with van der Waals surface area (Å²) < 4.78 is 0. The van der Waals surface area contributed by atoms with E-state index in [2.05, 4.69) is 37.4 Å². The zero-order chi connectivity index (χ0) is 11.5. The summed E-state index contributed by atoms with van der Waals surface area (Å²) >= 11 is 0. The number of nitrogens with one attached hydrogen (secondary N) is 1. The van der Waals surface area contributed by atoms with Crippen LogP contribution in [0.25, 0.3) is 0 Å². The zero-order valence-corrected chi connectivity index (χ0v) is 10.3. The molecule has 1 saturated heterocycles. The fraction of sp³-hybridized carbons (Fsp3) is 0.571. The summed E-state index contributed by atoms with van der Waals surface area (Å²) in [4.78, 5) is 0. The van der Waals surface area contributed by atoms with Crippen LogP contribution in [0.5, 0.6) is 0 Å². The molecule has 16 heavy (non-hydrogen) atoms. The molecule has 0 aromatic heterocycles. The Kier molecular flexibility index (Phi) is 3.62. The van der Waals surface area contributed by atoms with Gasteiger partial charge in [0.05, 0.1) is 0 Å². The van der Waals surface area contributed by atoms with Gasteiger partial charge in [-0.15, -0.1) is 0 Å². The van der Waals surface area contributed by atoms with Crippen molar-refractivity contribution in [3.63, 3.8) is 0 Å². The van der Waals surface area contributed by atoms with E-state index in [1.165, 1.54) is 29.5 Å². The van der Waals surface area contributed by atoms with Crippen LogP contribution in [0, 0.1) is 19.8 Å². The molecular formula is C14H22N2. The third-order valence-electron chi connectivity index (χ3n) is 3.49. The minimum absolute atomic E-state index is 0.456. The summed E-state index contributed by atoms with van der Waals surface area (Å²) in [6.45, 7) is 6.23. The van der Waals surface area contributed by atoms with Gasteiger partial charge in [-0.3, -0.25) is 0 Å². The SMILES string of the molecule is Cc1cc(C)cc([C@H]2NCCC[C@@H]2CN)c1. The first-order valence-electron chi connectivity index (χ1n) is 6.22. The quantitative estimate of drug-likeness (QED) is 0.799. The van der Waals surface area contributed by atoms with Crippen molar-refractivity contribution in [2.75, 3.05) is 13.1 Å². The lowest BCUT2D eigenvalue weighted by molar-refractivity contribution is 0.291. The maximum Gasteiger partial charge on any atom is 0.0360 e. The number of nitrogens with two attached hydrogens (primary N) is 1. The number of hydrogen-bond acceptors (Lipinski definition) is 2. The van der Waals surface area contributed by atoms with Gasteiger partial charge in [0.1, 0.15) is 0 Å². The van der Waals surface area contributed by atoms with Gasteiger partial charge in [-0.2, -0.15) is 0 Å². The van der Waals surface area contributed by atoms with E-state index in [1.807, 2.05) is 0 Å². The molecule has 2 atom stereocenters. The fourth-order valence-corrected chi connectivity index (χ4v) is 2.79. The highest BCUT2D eigenvalue weighted by atomic mass is 14.9. The molecule has 0 spiro atoms. The molecule has 1 aliphatic rings. The third-order valence-corrected chi connectivity index (χ3v) is 3.49. The molecule has 0 bridgehead atoms. The van der Waals surface area contributed by atoms with Crippen LogP contribution in [0.15, 0.2) is 18.2 Å². The largest absolute Gasteiger partial charge is 0.330 e. The van der Waals surface area contributed by atoms with E-state index >= 15 is 0 Å². The molecular weight excluding hydrogens is 196 g/mol.